The number of nitrogens with two attached hydrogens (primary N) is 1. The molecule has 1 unspecified atom stereocenters. The van der Waals surface area contributed by atoms with E-state index in [2.05, 4.69) is 17.1 Å². The number of unbranched alkanes of at least 4 members (excludes halogenated alkanes) is 3. The summed E-state index contributed by atoms with van der Waals surface area (Å²) in [5.41, 5.74) is 2.82. The second kappa shape index (κ2) is 8.24. The second-order valence-electron chi connectivity index (χ2n) is 5.01. The summed E-state index contributed by atoms with van der Waals surface area (Å²) in [5, 5.41) is 0. The van der Waals surface area contributed by atoms with Gasteiger partial charge in [0, 0.05) is 6.04 Å². The fourth-order valence-electron chi connectivity index (χ4n) is 2.08. The number of benzene rings is 1. The number of hydrogen-bond acceptors (Lipinski definition) is 4. The van der Waals surface area contributed by atoms with Crippen LogP contribution in [0.2, 0.25) is 0 Å². The summed E-state index contributed by atoms with van der Waals surface area (Å²) in [6.45, 7) is 4.05. The van der Waals surface area contributed by atoms with Gasteiger partial charge in [0.15, 0.2) is 0 Å². The van der Waals surface area contributed by atoms with Crippen molar-refractivity contribution in [1.29, 1.82) is 0 Å². The average Bonchev–Trinajstić information content (AvgIpc) is 2.43. The predicted molar refractivity (Wildman–Crippen MR) is 82.8 cm³/mol. The molecular formula is C14H25N3O2S. The smallest absolute Gasteiger partial charge is 0.242 e. The molecule has 0 bridgehead atoms. The molecule has 114 valence electrons. The first-order valence-electron chi connectivity index (χ1n) is 7.09. The van der Waals surface area contributed by atoms with Crippen molar-refractivity contribution in [2.45, 2.75) is 56.9 Å². The Morgan fingerprint density at radius 1 is 1.20 bits per heavy atom. The summed E-state index contributed by atoms with van der Waals surface area (Å²) in [6.07, 6.45) is 5.39. The molecule has 5 nitrogen and oxygen atoms in total. The van der Waals surface area contributed by atoms with Crippen LogP contribution in [0.3, 0.4) is 0 Å². The Morgan fingerprint density at radius 3 is 2.55 bits per heavy atom. The lowest BCUT2D eigenvalue weighted by atomic mass is 10.1. The molecular weight excluding hydrogens is 274 g/mol. The lowest BCUT2D eigenvalue weighted by molar-refractivity contribution is 0.522. The van der Waals surface area contributed by atoms with E-state index in [1.807, 2.05) is 6.92 Å². The van der Waals surface area contributed by atoms with Gasteiger partial charge in [0.1, 0.15) is 4.90 Å². The van der Waals surface area contributed by atoms with E-state index in [0.29, 0.717) is 5.69 Å². The van der Waals surface area contributed by atoms with Gasteiger partial charge in [-0.3, -0.25) is 5.84 Å². The summed E-state index contributed by atoms with van der Waals surface area (Å²) in [7, 11) is -3.54. The lowest BCUT2D eigenvalue weighted by Crippen LogP contribution is -2.33. The van der Waals surface area contributed by atoms with Crippen molar-refractivity contribution in [3.05, 3.63) is 24.3 Å². The summed E-state index contributed by atoms with van der Waals surface area (Å²) >= 11 is 0. The fourth-order valence-corrected chi connectivity index (χ4v) is 3.53. The number of para-hydroxylation sites is 1. The molecule has 0 amide bonds. The first kappa shape index (κ1) is 16.9. The highest BCUT2D eigenvalue weighted by molar-refractivity contribution is 7.89. The number of rotatable bonds is 9. The lowest BCUT2D eigenvalue weighted by Gasteiger charge is -2.16. The van der Waals surface area contributed by atoms with Gasteiger partial charge in [0.2, 0.25) is 10.0 Å². The molecule has 0 heterocycles. The van der Waals surface area contributed by atoms with Gasteiger partial charge in [0.05, 0.1) is 5.69 Å². The van der Waals surface area contributed by atoms with Crippen LogP contribution in [0.4, 0.5) is 5.69 Å². The molecule has 1 aromatic rings. The summed E-state index contributed by atoms with van der Waals surface area (Å²) in [4.78, 5) is 0.183. The van der Waals surface area contributed by atoms with E-state index in [4.69, 9.17) is 5.84 Å². The molecule has 4 N–H and O–H groups in total. The van der Waals surface area contributed by atoms with Crippen molar-refractivity contribution in [1.82, 2.24) is 4.72 Å². The van der Waals surface area contributed by atoms with Crippen molar-refractivity contribution < 1.29 is 8.42 Å². The summed E-state index contributed by atoms with van der Waals surface area (Å²) in [6, 6.07) is 6.52. The Labute approximate surface area is 122 Å². The van der Waals surface area contributed by atoms with Crippen LogP contribution in [0.25, 0.3) is 0 Å². The fraction of sp³-hybridized carbons (Fsp3) is 0.571. The Bertz CT molecular complexity index is 503. The van der Waals surface area contributed by atoms with Crippen LogP contribution in [0, 0.1) is 0 Å². The third-order valence-corrected chi connectivity index (χ3v) is 4.83. The van der Waals surface area contributed by atoms with Crippen LogP contribution in [-0.2, 0) is 10.0 Å². The zero-order valence-corrected chi connectivity index (χ0v) is 13.0. The van der Waals surface area contributed by atoms with Crippen LogP contribution >= 0.6 is 0 Å². The van der Waals surface area contributed by atoms with Gasteiger partial charge in [-0.1, -0.05) is 44.7 Å². The molecule has 0 aliphatic heterocycles. The van der Waals surface area contributed by atoms with E-state index in [1.165, 1.54) is 12.8 Å². The molecule has 20 heavy (non-hydrogen) atoms. The van der Waals surface area contributed by atoms with E-state index in [0.717, 1.165) is 19.3 Å². The molecule has 0 radical (unpaired) electrons. The van der Waals surface area contributed by atoms with Gasteiger partial charge in [-0.05, 0) is 25.5 Å². The number of nitrogen functional groups attached to an aromatic ring is 1. The van der Waals surface area contributed by atoms with Crippen LogP contribution < -0.4 is 16.0 Å². The van der Waals surface area contributed by atoms with Crippen molar-refractivity contribution in [2.24, 2.45) is 5.84 Å². The Balaban J connectivity index is 2.65. The molecule has 0 aliphatic carbocycles. The standard InChI is InChI=1S/C14H25N3O2S/c1-3-4-5-6-9-12(2)17-20(18,19)14-11-8-7-10-13(14)16-15/h7-8,10-12,16-17H,3-6,9,15H2,1-2H3. The Kier molecular flexibility index (Phi) is 6.98. The summed E-state index contributed by atoms with van der Waals surface area (Å²) in [5.74, 6) is 5.35. The van der Waals surface area contributed by atoms with Crippen molar-refractivity contribution in [3.63, 3.8) is 0 Å². The molecule has 1 aromatic carbocycles. The first-order chi connectivity index (χ1) is 9.51. The van der Waals surface area contributed by atoms with Crippen LogP contribution in [0.5, 0.6) is 0 Å². The molecule has 0 aromatic heterocycles. The van der Waals surface area contributed by atoms with Crippen LogP contribution in [-0.4, -0.2) is 14.5 Å². The Morgan fingerprint density at radius 2 is 1.90 bits per heavy atom. The quantitative estimate of drug-likeness (QED) is 0.372. The van der Waals surface area contributed by atoms with E-state index in [-0.39, 0.29) is 10.9 Å². The van der Waals surface area contributed by atoms with Gasteiger partial charge in [-0.2, -0.15) is 0 Å². The molecule has 1 atom stereocenters. The molecule has 0 aliphatic rings. The molecule has 6 heteroatoms. The molecule has 0 saturated heterocycles. The highest BCUT2D eigenvalue weighted by Crippen LogP contribution is 2.20. The SMILES string of the molecule is CCCCCCC(C)NS(=O)(=O)c1ccccc1NN. The maximum absolute atomic E-state index is 12.3. The zero-order chi connectivity index (χ0) is 15.0. The predicted octanol–water partition coefficient (Wildman–Crippen LogP) is 2.61. The van der Waals surface area contributed by atoms with E-state index in [1.54, 1.807) is 24.3 Å². The average molecular weight is 299 g/mol. The zero-order valence-electron chi connectivity index (χ0n) is 12.2. The van der Waals surface area contributed by atoms with Crippen molar-refractivity contribution in [2.75, 3.05) is 5.43 Å². The molecule has 1 rings (SSSR count). The third kappa shape index (κ3) is 5.11. The van der Waals surface area contributed by atoms with Gasteiger partial charge in [-0.25, -0.2) is 13.1 Å². The number of sulfonamides is 1. The molecule has 0 saturated carbocycles. The minimum atomic E-state index is -3.54. The molecule has 0 fully saturated rings. The monoisotopic (exact) mass is 299 g/mol. The van der Waals surface area contributed by atoms with Gasteiger partial charge < -0.3 is 5.43 Å². The number of hydrazine groups is 1. The van der Waals surface area contributed by atoms with Gasteiger partial charge >= 0.3 is 0 Å². The van der Waals surface area contributed by atoms with Crippen molar-refractivity contribution >= 4 is 15.7 Å². The van der Waals surface area contributed by atoms with Crippen molar-refractivity contribution in [3.8, 4) is 0 Å². The normalized spacial score (nSPS) is 13.2. The highest BCUT2D eigenvalue weighted by atomic mass is 32.2. The number of nitrogens with one attached hydrogen (secondary N) is 2. The largest absolute Gasteiger partial charge is 0.323 e. The van der Waals surface area contributed by atoms with Crippen LogP contribution in [0.15, 0.2) is 29.2 Å². The maximum Gasteiger partial charge on any atom is 0.242 e. The van der Waals surface area contributed by atoms with E-state index >= 15 is 0 Å². The number of hydrogen-bond donors (Lipinski definition) is 3. The van der Waals surface area contributed by atoms with E-state index < -0.39 is 10.0 Å². The topological polar surface area (TPSA) is 84.2 Å². The van der Waals surface area contributed by atoms with Gasteiger partial charge in [-0.15, -0.1) is 0 Å². The van der Waals surface area contributed by atoms with Gasteiger partial charge in [0.25, 0.3) is 0 Å². The molecule has 0 spiro atoms. The third-order valence-electron chi connectivity index (χ3n) is 3.18. The highest BCUT2D eigenvalue weighted by Gasteiger charge is 2.20. The minimum Gasteiger partial charge on any atom is -0.323 e. The van der Waals surface area contributed by atoms with Crippen LogP contribution in [0.1, 0.15) is 46.0 Å². The Hall–Kier alpha value is -1.11. The first-order valence-corrected chi connectivity index (χ1v) is 8.57. The van der Waals surface area contributed by atoms with E-state index in [9.17, 15) is 8.42 Å². The second-order valence-corrected chi connectivity index (χ2v) is 6.69. The number of anilines is 1. The maximum atomic E-state index is 12.3. The summed E-state index contributed by atoms with van der Waals surface area (Å²) < 4.78 is 27.3. The minimum absolute atomic E-state index is 0.0808.